The van der Waals surface area contributed by atoms with Crippen molar-refractivity contribution < 1.29 is 35.5 Å². The summed E-state index contributed by atoms with van der Waals surface area (Å²) in [4.78, 5) is 9.36. The standard InChI is InChI=1S/C38H33N2O.C16H18N.Ir/c1-23(2)28-14-11-15-29(24(3)4)36(28)40-33-17-10-9-16-32(33)39-38(40)31-20-18-25(5)35-30-21-19-27(22-34(30)41-37(31)35)26-12-7-6-8-13-26;1-12(2)9-15-10-16(17-11-13(15)3)14-7-5-4-6-8-14;/h6-19,21-24H,1-5H3;4-7,10-12H,9H2,1-3H3;/q2*-1;/i5D3;3D3,9D2;. The molecule has 6 aromatic carbocycles. The molecule has 5 heteroatoms. The number of aromatic nitrogens is 3. The number of nitrogens with zero attached hydrogens (tertiary/aromatic N) is 3. The number of hydrogen-bond acceptors (Lipinski definition) is 3. The summed E-state index contributed by atoms with van der Waals surface area (Å²) < 4.78 is 73.5. The molecule has 0 aliphatic heterocycles. The van der Waals surface area contributed by atoms with Crippen LogP contribution >= 0.6 is 0 Å². The Morgan fingerprint density at radius 1 is 0.746 bits per heavy atom. The van der Waals surface area contributed by atoms with Gasteiger partial charge in [-0.25, -0.2) is 0 Å². The zero-order chi connectivity index (χ0) is 47.3. The third-order valence-corrected chi connectivity index (χ3v) is 10.3. The van der Waals surface area contributed by atoms with Crippen LogP contribution < -0.4 is 0 Å². The molecule has 0 spiro atoms. The molecule has 0 aliphatic carbocycles. The number of benzene rings is 6. The number of para-hydroxylation sites is 3. The van der Waals surface area contributed by atoms with E-state index in [1.807, 2.05) is 72.8 Å². The van der Waals surface area contributed by atoms with Gasteiger partial charge in [0.15, 0.2) is 0 Å². The summed E-state index contributed by atoms with van der Waals surface area (Å²) in [5.41, 5.74) is 10.7. The van der Waals surface area contributed by atoms with E-state index in [-0.39, 0.29) is 54.5 Å². The van der Waals surface area contributed by atoms with Crippen LogP contribution in [0.15, 0.2) is 138 Å². The van der Waals surface area contributed by atoms with Crippen LogP contribution in [0.1, 0.15) is 92.2 Å². The van der Waals surface area contributed by atoms with Crippen molar-refractivity contribution in [3.05, 3.63) is 174 Å². The summed E-state index contributed by atoms with van der Waals surface area (Å²) in [5, 5.41) is 1.34. The van der Waals surface area contributed by atoms with E-state index < -0.39 is 20.1 Å². The van der Waals surface area contributed by atoms with E-state index in [2.05, 4.69) is 85.8 Å². The Hall–Kier alpha value is -5.61. The number of aryl methyl sites for hydroxylation is 2. The first-order valence-electron chi connectivity index (χ1n) is 23.8. The normalized spacial score (nSPS) is 14.1. The van der Waals surface area contributed by atoms with Gasteiger partial charge in [-0.2, -0.15) is 0 Å². The van der Waals surface area contributed by atoms with E-state index in [0.717, 1.165) is 33.2 Å². The monoisotopic (exact) mass is 958 g/mol. The van der Waals surface area contributed by atoms with Crippen molar-refractivity contribution in [3.8, 4) is 39.5 Å². The molecule has 9 aromatic rings. The largest absolute Gasteiger partial charge is 0.501 e. The topological polar surface area (TPSA) is 43.9 Å². The summed E-state index contributed by atoms with van der Waals surface area (Å²) in [6, 6.07) is 47.4. The maximum atomic E-state index is 8.39. The number of hydrogen-bond donors (Lipinski definition) is 0. The molecular weight excluding hydrogens is 899 g/mol. The fourth-order valence-electron chi connectivity index (χ4n) is 7.57. The number of pyridine rings is 1. The van der Waals surface area contributed by atoms with Gasteiger partial charge in [0.2, 0.25) is 0 Å². The first-order valence-corrected chi connectivity index (χ1v) is 19.8. The average molecular weight is 958 g/mol. The van der Waals surface area contributed by atoms with Crippen LogP contribution in [-0.2, 0) is 26.5 Å². The summed E-state index contributed by atoms with van der Waals surface area (Å²) >= 11 is 0. The molecular formula is C54H51IrN3O-2. The van der Waals surface area contributed by atoms with Gasteiger partial charge in [-0.05, 0) is 82.7 Å². The molecule has 3 heterocycles. The molecule has 0 amide bonds. The summed E-state index contributed by atoms with van der Waals surface area (Å²) in [7, 11) is 0. The molecule has 0 saturated carbocycles. The summed E-state index contributed by atoms with van der Waals surface area (Å²) in [6.45, 7) is 7.56. The average Bonchev–Trinajstić information content (AvgIpc) is 3.87. The number of fused-ring (bicyclic) bond motifs is 4. The molecule has 9 rings (SSSR count). The molecule has 0 aliphatic rings. The Balaban J connectivity index is 0.000000245. The van der Waals surface area contributed by atoms with Gasteiger partial charge in [-0.15, -0.1) is 53.6 Å². The van der Waals surface area contributed by atoms with E-state index in [9.17, 15) is 0 Å². The van der Waals surface area contributed by atoms with Gasteiger partial charge in [0.1, 0.15) is 5.58 Å². The van der Waals surface area contributed by atoms with Gasteiger partial charge in [-0.1, -0.05) is 144 Å². The molecule has 0 N–H and O–H groups in total. The number of rotatable bonds is 8. The minimum absolute atomic E-state index is 0. The Bertz CT molecular complexity index is 3160. The van der Waals surface area contributed by atoms with Gasteiger partial charge in [-0.3, -0.25) is 4.98 Å². The molecule has 1 radical (unpaired) electrons. The smallest absolute Gasteiger partial charge is 0.121 e. The first-order chi connectivity index (χ1) is 31.3. The minimum atomic E-state index is -2.40. The fraction of sp³-hybridized carbons (Fsp3) is 0.222. The predicted molar refractivity (Wildman–Crippen MR) is 243 cm³/mol. The second kappa shape index (κ2) is 17.7. The number of imidazole rings is 1. The molecule has 59 heavy (non-hydrogen) atoms. The van der Waals surface area contributed by atoms with Crippen molar-refractivity contribution in [2.24, 2.45) is 5.92 Å². The quantitative estimate of drug-likeness (QED) is 0.143. The second-order valence-corrected chi connectivity index (χ2v) is 15.5. The van der Waals surface area contributed by atoms with Crippen molar-refractivity contribution in [1.29, 1.82) is 0 Å². The van der Waals surface area contributed by atoms with Gasteiger partial charge >= 0.3 is 0 Å². The zero-order valence-corrected chi connectivity index (χ0v) is 36.4. The Kier molecular flexibility index (Phi) is 9.68. The van der Waals surface area contributed by atoms with Crippen molar-refractivity contribution in [1.82, 2.24) is 14.5 Å². The fourth-order valence-corrected chi connectivity index (χ4v) is 7.57. The molecule has 0 unspecified atom stereocenters. The Morgan fingerprint density at radius 2 is 1.47 bits per heavy atom. The van der Waals surface area contributed by atoms with Gasteiger partial charge in [0, 0.05) is 48.3 Å². The third-order valence-electron chi connectivity index (χ3n) is 10.3. The maximum absolute atomic E-state index is 8.39. The van der Waals surface area contributed by atoms with Gasteiger partial charge in [0.25, 0.3) is 0 Å². The predicted octanol–water partition coefficient (Wildman–Crippen LogP) is 14.7. The molecule has 4 nitrogen and oxygen atoms in total. The van der Waals surface area contributed by atoms with Crippen LogP contribution in [0.25, 0.3) is 72.4 Å². The molecule has 0 saturated heterocycles. The molecule has 0 atom stereocenters. The minimum Gasteiger partial charge on any atom is -0.501 e. The van der Waals surface area contributed by atoms with Crippen LogP contribution in [0, 0.1) is 31.8 Å². The maximum Gasteiger partial charge on any atom is 0.121 e. The number of furan rings is 1. The molecule has 299 valence electrons. The van der Waals surface area contributed by atoms with Crippen LogP contribution in [0.3, 0.4) is 0 Å². The second-order valence-electron chi connectivity index (χ2n) is 15.5. The van der Waals surface area contributed by atoms with E-state index in [0.29, 0.717) is 39.2 Å². The zero-order valence-electron chi connectivity index (χ0n) is 42.0. The van der Waals surface area contributed by atoms with Crippen molar-refractivity contribution in [2.75, 3.05) is 0 Å². The van der Waals surface area contributed by atoms with Crippen molar-refractivity contribution >= 4 is 33.0 Å². The van der Waals surface area contributed by atoms with Gasteiger partial charge < -0.3 is 14.0 Å². The van der Waals surface area contributed by atoms with E-state index in [1.165, 1.54) is 23.4 Å². The van der Waals surface area contributed by atoms with Crippen LogP contribution in [0.5, 0.6) is 0 Å². The Morgan fingerprint density at radius 3 is 2.17 bits per heavy atom. The third kappa shape index (κ3) is 8.33. The molecule has 3 aromatic heterocycles. The van der Waals surface area contributed by atoms with E-state index in [1.54, 1.807) is 26.0 Å². The summed E-state index contributed by atoms with van der Waals surface area (Å²) in [5.74, 6) is 0.846. The van der Waals surface area contributed by atoms with Crippen LogP contribution in [0.4, 0.5) is 0 Å². The molecule has 0 bridgehead atoms. The Labute approximate surface area is 374 Å². The summed E-state index contributed by atoms with van der Waals surface area (Å²) in [6.07, 6.45) is -0.491. The van der Waals surface area contributed by atoms with Gasteiger partial charge in [0.05, 0.1) is 22.4 Å². The van der Waals surface area contributed by atoms with Crippen molar-refractivity contribution in [2.45, 2.75) is 73.5 Å². The van der Waals surface area contributed by atoms with E-state index in [4.69, 9.17) is 20.4 Å². The van der Waals surface area contributed by atoms with Crippen LogP contribution in [0.2, 0.25) is 0 Å². The van der Waals surface area contributed by atoms with Crippen LogP contribution in [-0.4, -0.2) is 14.5 Å². The van der Waals surface area contributed by atoms with E-state index >= 15 is 0 Å². The first kappa shape index (κ1) is 32.3. The van der Waals surface area contributed by atoms with Crippen molar-refractivity contribution in [3.63, 3.8) is 0 Å². The SMILES string of the molecule is [2H]C([2H])([2H])c1c[c-]c(-c2nc3ccccc3n2-c2c(C(C)C)cccc2C(C)C)c2oc3cc(-c4ccccc4)ccc3c12.[2H]C([2H])([2H])c1cnc(-c2[c-]cccc2)cc1C([2H])([2H])C(C)C.[Ir]. The molecule has 0 fully saturated rings.